The third-order valence-corrected chi connectivity index (χ3v) is 10.3. The van der Waals surface area contributed by atoms with Crippen LogP contribution in [0.25, 0.3) is 0 Å². The van der Waals surface area contributed by atoms with Crippen LogP contribution < -0.4 is 16.0 Å². The van der Waals surface area contributed by atoms with Crippen molar-refractivity contribution in [2.75, 3.05) is 27.2 Å². The average molecular weight is 624 g/mol. The van der Waals surface area contributed by atoms with E-state index in [1.54, 1.807) is 19.0 Å². The molecule has 1 aromatic heterocycles. The summed E-state index contributed by atoms with van der Waals surface area (Å²) in [4.78, 5) is 40.7. The van der Waals surface area contributed by atoms with E-state index in [4.69, 9.17) is 0 Å². The van der Waals surface area contributed by atoms with Crippen molar-refractivity contribution in [3.8, 4) is 6.07 Å². The van der Waals surface area contributed by atoms with E-state index in [2.05, 4.69) is 42.6 Å². The number of likely N-dealkylation sites (tertiary alicyclic amines) is 1. The molecule has 4 N–H and O–H groups in total. The Hall–Kier alpha value is -4.63. The van der Waals surface area contributed by atoms with Gasteiger partial charge in [-0.05, 0) is 91.5 Å². The maximum absolute atomic E-state index is 13.5. The van der Waals surface area contributed by atoms with Crippen LogP contribution in [-0.2, 0) is 23.1 Å². The van der Waals surface area contributed by atoms with Gasteiger partial charge in [-0.2, -0.15) is 10.5 Å². The van der Waals surface area contributed by atoms with Crippen LogP contribution in [0.4, 0.5) is 0 Å². The Balaban J connectivity index is 1.51. The van der Waals surface area contributed by atoms with Crippen LogP contribution in [0, 0.1) is 11.3 Å². The topological polar surface area (TPSA) is 169 Å². The van der Waals surface area contributed by atoms with Crippen molar-refractivity contribution in [1.82, 2.24) is 41.5 Å². The van der Waals surface area contributed by atoms with Crippen LogP contribution in [0.5, 0.6) is 0 Å². The first-order chi connectivity index (χ1) is 22.3. The monoisotopic (exact) mass is 623 g/mol. The largest absolute Gasteiger partial charge is 0.355 e. The van der Waals surface area contributed by atoms with E-state index in [-0.39, 0.29) is 30.3 Å². The summed E-state index contributed by atoms with van der Waals surface area (Å²) in [5.41, 5.74) is 3.72. The van der Waals surface area contributed by atoms with Gasteiger partial charge in [-0.1, -0.05) is 36.6 Å². The molecule has 0 unspecified atom stereocenters. The summed E-state index contributed by atoms with van der Waals surface area (Å²) < 4.78 is 0. The molecule has 46 heavy (non-hydrogen) atoms. The molecule has 3 aliphatic rings. The van der Waals surface area contributed by atoms with Gasteiger partial charge in [-0.3, -0.25) is 14.4 Å². The van der Waals surface area contributed by atoms with Crippen molar-refractivity contribution in [3.63, 3.8) is 0 Å². The van der Waals surface area contributed by atoms with Crippen molar-refractivity contribution in [2.45, 2.75) is 81.2 Å². The molecule has 0 spiro atoms. The Labute approximate surface area is 268 Å². The lowest BCUT2D eigenvalue weighted by atomic mass is 9.62. The Bertz CT molecular complexity index is 1590. The van der Waals surface area contributed by atoms with E-state index < -0.39 is 11.0 Å². The number of aromatic amines is 1. The maximum Gasteiger partial charge on any atom is 0.251 e. The van der Waals surface area contributed by atoms with E-state index in [9.17, 15) is 19.6 Å². The van der Waals surface area contributed by atoms with E-state index >= 15 is 0 Å². The standard InChI is InChI=1S/C34H41N9O3/c1-36-30(45)24-10-12-27-22(17-24)8-9-23-18-25(31(46)37-2)11-13-28(23)34(27,32-39-41-42-40-32)21-33(14-4-3-5-15-33)38-20-29(44)43-16-6-7-26(43)19-35/h10-13,17-18,26,38H,3-9,14-16,20-21H2,1-2H3,(H,36,45)(H,37,46)(H,39,40,41,42)/t26-/m0/s1. The number of aromatic nitrogens is 4. The smallest absolute Gasteiger partial charge is 0.251 e. The molecule has 2 heterocycles. The zero-order valence-electron chi connectivity index (χ0n) is 26.5. The number of carbonyl (C=O) groups is 3. The normalized spacial score (nSPS) is 19.7. The van der Waals surface area contributed by atoms with Gasteiger partial charge < -0.3 is 20.9 Å². The van der Waals surface area contributed by atoms with Gasteiger partial charge in [-0.15, -0.1) is 10.2 Å². The molecular weight excluding hydrogens is 582 g/mol. The van der Waals surface area contributed by atoms with Crippen LogP contribution in [0.1, 0.15) is 100 Å². The van der Waals surface area contributed by atoms with Gasteiger partial charge in [0.05, 0.1) is 18.0 Å². The Morgan fingerprint density at radius 3 is 2.13 bits per heavy atom. The number of tetrazole rings is 1. The Morgan fingerprint density at radius 2 is 1.59 bits per heavy atom. The first-order valence-electron chi connectivity index (χ1n) is 16.2. The molecule has 0 radical (unpaired) electrons. The second kappa shape index (κ2) is 13.0. The molecule has 2 aromatic carbocycles. The van der Waals surface area contributed by atoms with Crippen molar-refractivity contribution in [3.05, 3.63) is 75.6 Å². The predicted octanol–water partition coefficient (Wildman–Crippen LogP) is 2.55. The van der Waals surface area contributed by atoms with Crippen molar-refractivity contribution < 1.29 is 14.4 Å². The fourth-order valence-electron chi connectivity index (χ4n) is 7.99. The number of hydrogen-bond donors (Lipinski definition) is 4. The number of nitriles is 1. The van der Waals surface area contributed by atoms with Crippen LogP contribution in [0.3, 0.4) is 0 Å². The Morgan fingerprint density at radius 1 is 0.957 bits per heavy atom. The second-order valence-corrected chi connectivity index (χ2v) is 12.8. The van der Waals surface area contributed by atoms with E-state index in [1.165, 1.54) is 0 Å². The summed E-state index contributed by atoms with van der Waals surface area (Å²) in [6, 6.07) is 13.5. The maximum atomic E-state index is 13.5. The summed E-state index contributed by atoms with van der Waals surface area (Å²) >= 11 is 0. The van der Waals surface area contributed by atoms with Crippen LogP contribution in [0.2, 0.25) is 0 Å². The first kappa shape index (κ1) is 31.4. The molecule has 1 aliphatic heterocycles. The molecule has 2 fully saturated rings. The molecular formula is C34H41N9O3. The summed E-state index contributed by atoms with van der Waals surface area (Å²) in [6.07, 6.45) is 8.16. The summed E-state index contributed by atoms with van der Waals surface area (Å²) in [5.74, 6) is 0.102. The first-order valence-corrected chi connectivity index (χ1v) is 16.2. The van der Waals surface area contributed by atoms with Crippen LogP contribution in [0.15, 0.2) is 36.4 Å². The molecule has 12 nitrogen and oxygen atoms in total. The summed E-state index contributed by atoms with van der Waals surface area (Å²) in [6.45, 7) is 0.728. The average Bonchev–Trinajstić information content (AvgIpc) is 3.80. The third-order valence-electron chi connectivity index (χ3n) is 10.3. The number of H-pyrrole nitrogens is 1. The Kier molecular flexibility index (Phi) is 8.86. The molecule has 3 amide bonds. The lowest BCUT2D eigenvalue weighted by Crippen LogP contribution is -2.55. The number of nitrogens with one attached hydrogen (secondary N) is 4. The zero-order valence-corrected chi connectivity index (χ0v) is 26.5. The molecule has 2 aliphatic carbocycles. The van der Waals surface area contributed by atoms with Gasteiger partial charge >= 0.3 is 0 Å². The molecule has 1 saturated heterocycles. The van der Waals surface area contributed by atoms with E-state index in [0.29, 0.717) is 49.2 Å². The van der Waals surface area contributed by atoms with E-state index in [1.807, 2.05) is 36.4 Å². The minimum absolute atomic E-state index is 0.0604. The summed E-state index contributed by atoms with van der Waals surface area (Å²) in [7, 11) is 3.24. The number of aryl methyl sites for hydroxylation is 2. The number of amides is 3. The molecule has 0 bridgehead atoms. The van der Waals surface area contributed by atoms with Crippen molar-refractivity contribution in [2.24, 2.45) is 0 Å². The highest BCUT2D eigenvalue weighted by Gasteiger charge is 2.50. The fourth-order valence-corrected chi connectivity index (χ4v) is 7.99. The highest BCUT2D eigenvalue weighted by molar-refractivity contribution is 5.95. The number of carbonyl (C=O) groups excluding carboxylic acids is 3. The van der Waals surface area contributed by atoms with Crippen molar-refractivity contribution in [1.29, 1.82) is 5.26 Å². The number of nitrogens with zero attached hydrogens (tertiary/aromatic N) is 5. The molecule has 1 saturated carbocycles. The lowest BCUT2D eigenvalue weighted by molar-refractivity contribution is -0.130. The summed E-state index contributed by atoms with van der Waals surface area (Å²) in [5, 5.41) is 34.8. The predicted molar refractivity (Wildman–Crippen MR) is 170 cm³/mol. The fraction of sp³-hybridized carbons (Fsp3) is 0.500. The zero-order chi connectivity index (χ0) is 32.3. The van der Waals surface area contributed by atoms with Gasteiger partial charge in [0.2, 0.25) is 5.91 Å². The van der Waals surface area contributed by atoms with Gasteiger partial charge in [-0.25, -0.2) is 0 Å². The van der Waals surface area contributed by atoms with Crippen molar-refractivity contribution >= 4 is 17.7 Å². The minimum atomic E-state index is -0.910. The van der Waals surface area contributed by atoms with Gasteiger partial charge in [0.1, 0.15) is 6.04 Å². The number of benzene rings is 2. The third kappa shape index (κ3) is 5.64. The molecule has 240 valence electrons. The van der Waals surface area contributed by atoms with Gasteiger partial charge in [0.25, 0.3) is 11.8 Å². The van der Waals surface area contributed by atoms with E-state index in [0.717, 1.165) is 60.8 Å². The van der Waals surface area contributed by atoms with Crippen LogP contribution >= 0.6 is 0 Å². The van der Waals surface area contributed by atoms with Gasteiger partial charge in [0, 0.05) is 37.3 Å². The number of fused-ring (bicyclic) bond motifs is 2. The highest BCUT2D eigenvalue weighted by atomic mass is 16.2. The highest BCUT2D eigenvalue weighted by Crippen LogP contribution is 2.51. The molecule has 12 heteroatoms. The van der Waals surface area contributed by atoms with Gasteiger partial charge in [0.15, 0.2) is 5.82 Å². The molecule has 6 rings (SSSR count). The SMILES string of the molecule is CNC(=O)c1ccc2c(c1)CCc1cc(C(=O)NC)ccc1C2(CC1(NCC(=O)N2CCC[C@H]2C#N)CCCCC1)c1nn[nH]n1. The van der Waals surface area contributed by atoms with Crippen LogP contribution in [-0.4, -0.2) is 82.0 Å². The molecule has 1 atom stereocenters. The lowest BCUT2D eigenvalue weighted by Gasteiger charge is -2.46. The second-order valence-electron chi connectivity index (χ2n) is 12.8. The quantitative estimate of drug-likeness (QED) is 0.297. The minimum Gasteiger partial charge on any atom is -0.355 e. The number of hydrogen-bond acceptors (Lipinski definition) is 8. The number of rotatable bonds is 8. The molecule has 3 aromatic rings.